The number of aliphatic imine (C=N–C) groups is 1. The van der Waals surface area contributed by atoms with E-state index in [0.29, 0.717) is 22.4 Å². The molecule has 0 bridgehead atoms. The fraction of sp³-hybridized carbons (Fsp3) is 0.545. The van der Waals surface area contributed by atoms with Gasteiger partial charge in [0.2, 0.25) is 5.91 Å². The molecule has 44 heavy (non-hydrogen) atoms. The van der Waals surface area contributed by atoms with Gasteiger partial charge in [0.15, 0.2) is 0 Å². The summed E-state index contributed by atoms with van der Waals surface area (Å²) in [6, 6.07) is 4.57. The molecule has 2 atom stereocenters. The minimum atomic E-state index is -0.488. The van der Waals surface area contributed by atoms with Gasteiger partial charge in [-0.25, -0.2) is 9.38 Å². The Balaban J connectivity index is 1.35. The van der Waals surface area contributed by atoms with Gasteiger partial charge in [0.05, 0.1) is 22.7 Å². The number of hydrazone groups is 1. The summed E-state index contributed by atoms with van der Waals surface area (Å²) >= 11 is 8.12. The first-order valence-corrected chi connectivity index (χ1v) is 17.2. The molecule has 1 amide bonds. The second kappa shape index (κ2) is 15.1. The molecule has 3 fully saturated rings. The van der Waals surface area contributed by atoms with E-state index < -0.39 is 6.04 Å². The highest BCUT2D eigenvalue weighted by molar-refractivity contribution is 8.00. The summed E-state index contributed by atoms with van der Waals surface area (Å²) in [5.41, 5.74) is 7.28. The zero-order valence-corrected chi connectivity index (χ0v) is 27.8. The van der Waals surface area contributed by atoms with Crippen molar-refractivity contribution in [3.05, 3.63) is 69.5 Å². The Morgan fingerprint density at radius 3 is 2.73 bits per heavy atom. The summed E-state index contributed by atoms with van der Waals surface area (Å²) in [6.45, 7) is 10.3. The third-order valence-corrected chi connectivity index (χ3v) is 10.7. The molecule has 3 aliphatic heterocycles. The lowest BCUT2D eigenvalue weighted by Gasteiger charge is -2.45. The molecule has 1 aromatic rings. The summed E-state index contributed by atoms with van der Waals surface area (Å²) in [5, 5.41) is 12.2. The number of amides is 1. The molecular weight excluding hydrogens is 597 g/mol. The molecule has 4 aliphatic rings. The van der Waals surface area contributed by atoms with Crippen molar-refractivity contribution in [1.82, 2.24) is 25.9 Å². The van der Waals surface area contributed by atoms with Gasteiger partial charge in [0.1, 0.15) is 11.6 Å². The molecular formula is C33H45ClFN7OS. The standard InChI is InChI=1S/C33H45ClFN7OS/c1-5-21(3)27(20-31(36-6-2)38-33(43)22-16-24(17-22)42-13-11-41(4)12-14-42)37-29-19-28(25-18-23(34)9-10-26(25)35)39-40-32(29)30-8-7-15-44-30/h6,9-10,18-20,22,24,28,30,37,39H,5,7-8,11-17H2,1-4H3,(H,38,43)/b27-21-,31-20+,36-6-. The van der Waals surface area contributed by atoms with Gasteiger partial charge in [0, 0.05) is 66.7 Å². The number of piperazine rings is 1. The largest absolute Gasteiger partial charge is 0.354 e. The molecule has 2 unspecified atom stereocenters. The van der Waals surface area contributed by atoms with Gasteiger partial charge in [-0.1, -0.05) is 18.5 Å². The number of benzene rings is 1. The number of hydrogen-bond acceptors (Lipinski definition) is 8. The van der Waals surface area contributed by atoms with Gasteiger partial charge < -0.3 is 15.5 Å². The molecule has 3 heterocycles. The van der Waals surface area contributed by atoms with Crippen LogP contribution in [0.2, 0.25) is 5.02 Å². The number of likely N-dealkylation sites (N-methyl/N-ethyl adjacent to an activating group) is 1. The average molecular weight is 642 g/mol. The topological polar surface area (TPSA) is 84.4 Å². The van der Waals surface area contributed by atoms with Crippen LogP contribution in [0, 0.1) is 11.7 Å². The third kappa shape index (κ3) is 7.94. The Labute approximate surface area is 270 Å². The predicted octanol–water partition coefficient (Wildman–Crippen LogP) is 5.61. The summed E-state index contributed by atoms with van der Waals surface area (Å²) in [7, 11) is 2.16. The van der Waals surface area contributed by atoms with Crippen molar-refractivity contribution in [2.75, 3.05) is 39.0 Å². The second-order valence-electron chi connectivity index (χ2n) is 12.1. The van der Waals surface area contributed by atoms with E-state index >= 15 is 0 Å². The number of carbonyl (C=O) groups excluding carboxylic acids is 1. The fourth-order valence-electron chi connectivity index (χ4n) is 6.04. The highest BCUT2D eigenvalue weighted by Gasteiger charge is 2.39. The van der Waals surface area contributed by atoms with E-state index in [1.165, 1.54) is 6.07 Å². The maximum Gasteiger partial charge on any atom is 0.228 e. The van der Waals surface area contributed by atoms with E-state index in [9.17, 15) is 9.18 Å². The summed E-state index contributed by atoms with van der Waals surface area (Å²) < 4.78 is 14.9. The van der Waals surface area contributed by atoms with Gasteiger partial charge in [-0.15, -0.1) is 0 Å². The number of hydrogen-bond donors (Lipinski definition) is 3. The summed E-state index contributed by atoms with van der Waals surface area (Å²) in [4.78, 5) is 22.7. The van der Waals surface area contributed by atoms with Crippen molar-refractivity contribution < 1.29 is 9.18 Å². The minimum Gasteiger partial charge on any atom is -0.354 e. The van der Waals surface area contributed by atoms with Crippen molar-refractivity contribution in [2.24, 2.45) is 16.0 Å². The van der Waals surface area contributed by atoms with Gasteiger partial charge >= 0.3 is 0 Å². The van der Waals surface area contributed by atoms with Crippen molar-refractivity contribution in [1.29, 1.82) is 0 Å². The van der Waals surface area contributed by atoms with E-state index in [4.69, 9.17) is 16.7 Å². The maximum atomic E-state index is 14.9. The smallest absolute Gasteiger partial charge is 0.228 e. The van der Waals surface area contributed by atoms with E-state index in [0.717, 1.165) is 86.7 Å². The van der Waals surface area contributed by atoms with Crippen LogP contribution in [0.4, 0.5) is 4.39 Å². The third-order valence-electron chi connectivity index (χ3n) is 9.06. The molecule has 8 nitrogen and oxygen atoms in total. The van der Waals surface area contributed by atoms with Crippen molar-refractivity contribution >= 4 is 41.2 Å². The van der Waals surface area contributed by atoms with Gasteiger partial charge in [-0.3, -0.25) is 15.1 Å². The number of rotatable bonds is 10. The lowest BCUT2D eigenvalue weighted by molar-refractivity contribution is -0.129. The lowest BCUT2D eigenvalue weighted by Crippen LogP contribution is -2.55. The molecule has 5 rings (SSSR count). The quantitative estimate of drug-likeness (QED) is 0.228. The zero-order chi connectivity index (χ0) is 31.2. The average Bonchev–Trinajstić information content (AvgIpc) is 3.53. The molecule has 1 aromatic carbocycles. The zero-order valence-electron chi connectivity index (χ0n) is 26.2. The first-order valence-electron chi connectivity index (χ1n) is 15.8. The molecule has 2 saturated heterocycles. The van der Waals surface area contributed by atoms with Crippen molar-refractivity contribution in [3.63, 3.8) is 0 Å². The predicted molar refractivity (Wildman–Crippen MR) is 180 cm³/mol. The van der Waals surface area contributed by atoms with Crippen LogP contribution >= 0.6 is 23.4 Å². The van der Waals surface area contributed by atoms with Gasteiger partial charge in [-0.2, -0.15) is 16.9 Å². The Bertz CT molecular complexity index is 1360. The number of thioether (sulfide) groups is 1. The molecule has 0 aromatic heterocycles. The Morgan fingerprint density at radius 2 is 2.05 bits per heavy atom. The van der Waals surface area contributed by atoms with Crippen LogP contribution in [0.25, 0.3) is 0 Å². The van der Waals surface area contributed by atoms with Crippen LogP contribution < -0.4 is 16.1 Å². The monoisotopic (exact) mass is 641 g/mol. The molecule has 1 saturated carbocycles. The van der Waals surface area contributed by atoms with Crippen LogP contribution in [-0.4, -0.2) is 77.9 Å². The highest BCUT2D eigenvalue weighted by atomic mass is 35.5. The van der Waals surface area contributed by atoms with E-state index in [2.05, 4.69) is 51.7 Å². The molecule has 1 aliphatic carbocycles. The SMILES string of the molecule is C\C=N/C(=C\C(NC1=CC(c2cc(Cl)ccc2F)NN=C1C1CCCS1)=C(/C)CC)NC(=O)C1CC(N2CCN(C)CC2)C1. The summed E-state index contributed by atoms with van der Waals surface area (Å²) in [5.74, 6) is 1.24. The fourth-order valence-corrected chi connectivity index (χ4v) is 7.51. The van der Waals surface area contributed by atoms with Gasteiger partial charge in [-0.05, 0) is 88.6 Å². The van der Waals surface area contributed by atoms with Crippen LogP contribution in [0.5, 0.6) is 0 Å². The Hall–Kier alpha value is -2.66. The molecule has 3 N–H and O–H groups in total. The van der Waals surface area contributed by atoms with Crippen molar-refractivity contribution in [2.45, 2.75) is 70.2 Å². The van der Waals surface area contributed by atoms with Crippen LogP contribution in [0.1, 0.15) is 64.5 Å². The molecule has 11 heteroatoms. The van der Waals surface area contributed by atoms with E-state index in [1.807, 2.05) is 30.8 Å². The van der Waals surface area contributed by atoms with Crippen LogP contribution in [-0.2, 0) is 4.79 Å². The van der Waals surface area contributed by atoms with E-state index in [1.54, 1.807) is 18.3 Å². The number of halogens is 2. The number of nitrogens with zero attached hydrogens (tertiary/aromatic N) is 4. The second-order valence-corrected chi connectivity index (χ2v) is 13.8. The Kier molecular flexibility index (Phi) is 11.2. The van der Waals surface area contributed by atoms with Gasteiger partial charge in [0.25, 0.3) is 0 Å². The summed E-state index contributed by atoms with van der Waals surface area (Å²) in [6.07, 6.45) is 10.3. The number of nitrogens with one attached hydrogen (secondary N) is 3. The normalized spacial score (nSPS) is 27.3. The van der Waals surface area contributed by atoms with Crippen LogP contribution in [0.15, 0.2) is 63.2 Å². The van der Waals surface area contributed by atoms with E-state index in [-0.39, 0.29) is 22.9 Å². The molecule has 238 valence electrons. The minimum absolute atomic E-state index is 0.0126. The molecule has 0 spiro atoms. The number of carbonyl (C=O) groups is 1. The highest BCUT2D eigenvalue weighted by Crippen LogP contribution is 2.34. The molecule has 0 radical (unpaired) electrons. The lowest BCUT2D eigenvalue weighted by atomic mass is 9.78. The van der Waals surface area contributed by atoms with Crippen LogP contribution in [0.3, 0.4) is 0 Å². The first kappa shape index (κ1) is 32.7. The first-order chi connectivity index (χ1) is 21.2. The number of allylic oxidation sites excluding steroid dienone is 3. The maximum absolute atomic E-state index is 14.9. The van der Waals surface area contributed by atoms with Crippen molar-refractivity contribution in [3.8, 4) is 0 Å². The Morgan fingerprint density at radius 1 is 1.27 bits per heavy atom.